The average molecular weight is 314 g/mol. The van der Waals surface area contributed by atoms with Crippen LogP contribution in [0.4, 0.5) is 0 Å². The summed E-state index contributed by atoms with van der Waals surface area (Å²) in [6.45, 7) is 4.29. The smallest absolute Gasteiger partial charge is 0.125 e. The molecule has 0 saturated carbocycles. The fraction of sp³-hybridized carbons (Fsp3) is 0.368. The van der Waals surface area contributed by atoms with Gasteiger partial charge in [-0.1, -0.05) is 26.0 Å². The van der Waals surface area contributed by atoms with Crippen molar-refractivity contribution in [3.05, 3.63) is 53.6 Å². The highest BCUT2D eigenvalue weighted by Gasteiger charge is 2.41. The normalized spacial score (nSPS) is 27.1. The van der Waals surface area contributed by atoms with E-state index in [4.69, 9.17) is 9.47 Å². The molecule has 2 N–H and O–H groups in total. The van der Waals surface area contributed by atoms with Crippen LogP contribution < -0.4 is 4.74 Å². The minimum absolute atomic E-state index is 0.0332. The van der Waals surface area contributed by atoms with Crippen LogP contribution in [0, 0.1) is 11.8 Å². The second-order valence-corrected chi connectivity index (χ2v) is 6.21. The van der Waals surface area contributed by atoms with E-state index in [2.05, 4.69) is 13.8 Å². The Morgan fingerprint density at radius 3 is 2.17 bits per heavy atom. The summed E-state index contributed by atoms with van der Waals surface area (Å²) in [5.41, 5.74) is 1.82. The highest BCUT2D eigenvalue weighted by molar-refractivity contribution is 5.41. The molecule has 0 radical (unpaired) electrons. The van der Waals surface area contributed by atoms with E-state index in [1.165, 1.54) is 6.07 Å². The molecule has 4 heteroatoms. The lowest BCUT2D eigenvalue weighted by Crippen LogP contribution is -2.09. The minimum atomic E-state index is -0.197. The number of phenols is 2. The summed E-state index contributed by atoms with van der Waals surface area (Å²) in [5.74, 6) is 1.50. The number of methoxy groups -OCH3 is 1. The Morgan fingerprint density at radius 1 is 0.913 bits per heavy atom. The summed E-state index contributed by atoms with van der Waals surface area (Å²) in [7, 11) is 1.65. The molecule has 1 heterocycles. The molecule has 2 aromatic rings. The van der Waals surface area contributed by atoms with Crippen molar-refractivity contribution in [2.45, 2.75) is 26.1 Å². The van der Waals surface area contributed by atoms with Crippen LogP contribution in [-0.2, 0) is 4.74 Å². The Morgan fingerprint density at radius 2 is 1.57 bits per heavy atom. The van der Waals surface area contributed by atoms with Crippen molar-refractivity contribution < 1.29 is 19.7 Å². The predicted octanol–water partition coefficient (Wildman–Crippen LogP) is 4.19. The molecule has 0 aliphatic carbocycles. The number of rotatable bonds is 3. The molecule has 4 atom stereocenters. The molecule has 1 aliphatic heterocycles. The van der Waals surface area contributed by atoms with E-state index in [1.807, 2.05) is 24.3 Å². The first-order valence-electron chi connectivity index (χ1n) is 7.82. The molecule has 1 aliphatic rings. The second-order valence-electron chi connectivity index (χ2n) is 6.21. The molecule has 0 spiro atoms. The molecule has 0 amide bonds. The van der Waals surface area contributed by atoms with Gasteiger partial charge in [0, 0.05) is 11.6 Å². The van der Waals surface area contributed by atoms with Crippen molar-refractivity contribution >= 4 is 0 Å². The standard InChI is InChI=1S/C19H22O4/c1-11-12(2)19(16-9-6-14(20)10-17(16)21)23-18(11)13-4-7-15(22-3)8-5-13/h4-12,18-21H,1-3H3/t11-,12+,18-,19+/m1/s1. The Balaban J connectivity index is 1.88. The van der Waals surface area contributed by atoms with Crippen LogP contribution in [0.1, 0.15) is 37.2 Å². The van der Waals surface area contributed by atoms with Crippen molar-refractivity contribution in [3.63, 3.8) is 0 Å². The van der Waals surface area contributed by atoms with Gasteiger partial charge in [-0.3, -0.25) is 0 Å². The van der Waals surface area contributed by atoms with E-state index >= 15 is 0 Å². The zero-order chi connectivity index (χ0) is 16.6. The van der Waals surface area contributed by atoms with E-state index in [-0.39, 0.29) is 29.6 Å². The molecule has 0 unspecified atom stereocenters. The van der Waals surface area contributed by atoms with E-state index in [1.54, 1.807) is 19.2 Å². The number of hydrogen-bond donors (Lipinski definition) is 2. The first-order chi connectivity index (χ1) is 11.0. The fourth-order valence-corrected chi connectivity index (χ4v) is 3.26. The quantitative estimate of drug-likeness (QED) is 0.892. The average Bonchev–Trinajstić information content (AvgIpc) is 2.84. The van der Waals surface area contributed by atoms with Gasteiger partial charge in [-0.15, -0.1) is 0 Å². The number of aromatic hydroxyl groups is 2. The third kappa shape index (κ3) is 2.86. The SMILES string of the molecule is COc1ccc([C@@H]2O[C@H](c3ccc(O)cc3O)[C@@H](C)[C@H]2C)cc1. The molecule has 23 heavy (non-hydrogen) atoms. The van der Waals surface area contributed by atoms with Gasteiger partial charge in [-0.2, -0.15) is 0 Å². The van der Waals surface area contributed by atoms with Crippen LogP contribution in [0.5, 0.6) is 17.2 Å². The van der Waals surface area contributed by atoms with Gasteiger partial charge in [-0.25, -0.2) is 0 Å². The second kappa shape index (κ2) is 6.13. The van der Waals surface area contributed by atoms with Gasteiger partial charge < -0.3 is 19.7 Å². The van der Waals surface area contributed by atoms with Crippen LogP contribution in [0.2, 0.25) is 0 Å². The molecule has 4 nitrogen and oxygen atoms in total. The highest BCUT2D eigenvalue weighted by atomic mass is 16.5. The van der Waals surface area contributed by atoms with Gasteiger partial charge >= 0.3 is 0 Å². The van der Waals surface area contributed by atoms with E-state index in [9.17, 15) is 10.2 Å². The lowest BCUT2D eigenvalue weighted by atomic mass is 9.85. The van der Waals surface area contributed by atoms with E-state index < -0.39 is 0 Å². The maximum atomic E-state index is 10.1. The summed E-state index contributed by atoms with van der Waals surface area (Å²) in [6, 6.07) is 12.6. The Labute approximate surface area is 136 Å². The Kier molecular flexibility index (Phi) is 4.18. The van der Waals surface area contributed by atoms with Gasteiger partial charge in [0.1, 0.15) is 17.2 Å². The van der Waals surface area contributed by atoms with Crippen molar-refractivity contribution in [2.75, 3.05) is 7.11 Å². The zero-order valence-electron chi connectivity index (χ0n) is 13.6. The van der Waals surface area contributed by atoms with Gasteiger partial charge in [0.2, 0.25) is 0 Å². The first kappa shape index (κ1) is 15.7. The zero-order valence-corrected chi connectivity index (χ0v) is 13.6. The van der Waals surface area contributed by atoms with Crippen molar-refractivity contribution in [1.82, 2.24) is 0 Å². The lowest BCUT2D eigenvalue weighted by Gasteiger charge is -2.17. The maximum absolute atomic E-state index is 10.1. The predicted molar refractivity (Wildman–Crippen MR) is 87.7 cm³/mol. The summed E-state index contributed by atoms with van der Waals surface area (Å²) in [4.78, 5) is 0. The van der Waals surface area contributed by atoms with Crippen LogP contribution in [0.15, 0.2) is 42.5 Å². The molecule has 1 fully saturated rings. The maximum Gasteiger partial charge on any atom is 0.125 e. The minimum Gasteiger partial charge on any atom is -0.508 e. The topological polar surface area (TPSA) is 58.9 Å². The number of phenolic OH excluding ortho intramolecular Hbond substituents is 2. The number of hydrogen-bond acceptors (Lipinski definition) is 4. The van der Waals surface area contributed by atoms with Crippen LogP contribution in [-0.4, -0.2) is 17.3 Å². The molecule has 0 aromatic heterocycles. The third-order valence-electron chi connectivity index (χ3n) is 4.84. The molecular weight excluding hydrogens is 292 g/mol. The largest absolute Gasteiger partial charge is 0.508 e. The summed E-state index contributed by atoms with van der Waals surface area (Å²) in [5, 5.41) is 19.6. The summed E-state index contributed by atoms with van der Waals surface area (Å²) >= 11 is 0. The molecular formula is C19H22O4. The van der Waals surface area contributed by atoms with Crippen molar-refractivity contribution in [1.29, 1.82) is 0 Å². The molecule has 0 bridgehead atoms. The van der Waals surface area contributed by atoms with Gasteiger partial charge in [0.15, 0.2) is 0 Å². The van der Waals surface area contributed by atoms with Gasteiger partial charge in [0.05, 0.1) is 19.3 Å². The fourth-order valence-electron chi connectivity index (χ4n) is 3.26. The Hall–Kier alpha value is -2.20. The van der Waals surface area contributed by atoms with E-state index in [0.717, 1.165) is 16.9 Å². The van der Waals surface area contributed by atoms with Crippen molar-refractivity contribution in [2.24, 2.45) is 11.8 Å². The monoisotopic (exact) mass is 314 g/mol. The molecule has 122 valence electrons. The third-order valence-corrected chi connectivity index (χ3v) is 4.84. The number of ether oxygens (including phenoxy) is 2. The van der Waals surface area contributed by atoms with Crippen molar-refractivity contribution in [3.8, 4) is 17.2 Å². The Bertz CT molecular complexity index is 680. The van der Waals surface area contributed by atoms with Crippen LogP contribution in [0.3, 0.4) is 0 Å². The van der Waals surface area contributed by atoms with Gasteiger partial charge in [0.25, 0.3) is 0 Å². The summed E-state index contributed by atoms with van der Waals surface area (Å²) in [6.07, 6.45) is -0.230. The molecule has 3 rings (SSSR count). The summed E-state index contributed by atoms with van der Waals surface area (Å²) < 4.78 is 11.5. The highest BCUT2D eigenvalue weighted by Crippen LogP contribution is 2.50. The first-order valence-corrected chi connectivity index (χ1v) is 7.82. The lowest BCUT2D eigenvalue weighted by molar-refractivity contribution is 0.0278. The molecule has 2 aromatic carbocycles. The van der Waals surface area contributed by atoms with Crippen LogP contribution in [0.25, 0.3) is 0 Å². The van der Waals surface area contributed by atoms with E-state index in [0.29, 0.717) is 5.92 Å². The number of benzene rings is 2. The van der Waals surface area contributed by atoms with Gasteiger partial charge in [-0.05, 0) is 41.7 Å². The van der Waals surface area contributed by atoms with Crippen LogP contribution >= 0.6 is 0 Å². The molecule has 1 saturated heterocycles.